The van der Waals surface area contributed by atoms with Crippen molar-refractivity contribution < 1.29 is 4.79 Å². The molecule has 0 fully saturated rings. The van der Waals surface area contributed by atoms with Crippen molar-refractivity contribution in [2.45, 2.75) is 13.8 Å². The Morgan fingerprint density at radius 2 is 1.77 bits per heavy atom. The molecule has 0 aliphatic heterocycles. The predicted octanol–water partition coefficient (Wildman–Crippen LogP) is 5.20. The summed E-state index contributed by atoms with van der Waals surface area (Å²) in [6.45, 7) is 6.15. The molecule has 2 aromatic carbocycles. The van der Waals surface area contributed by atoms with Crippen molar-refractivity contribution in [2.75, 3.05) is 23.3 Å². The van der Waals surface area contributed by atoms with E-state index in [1.54, 1.807) is 18.2 Å². The van der Waals surface area contributed by atoms with Gasteiger partial charge >= 0.3 is 0 Å². The van der Waals surface area contributed by atoms with E-state index in [9.17, 15) is 4.79 Å². The van der Waals surface area contributed by atoms with Gasteiger partial charge in [0, 0.05) is 28.9 Å². The van der Waals surface area contributed by atoms with E-state index in [-0.39, 0.29) is 5.91 Å². The van der Waals surface area contributed by atoms with Crippen molar-refractivity contribution in [3.05, 3.63) is 57.5 Å². The van der Waals surface area contributed by atoms with E-state index in [0.29, 0.717) is 10.6 Å². The number of amides is 1. The molecular weight excluding hydrogens is 364 g/mol. The molecule has 0 atom stereocenters. The van der Waals surface area contributed by atoms with Crippen LogP contribution in [0.15, 0.2) is 46.9 Å². The highest BCUT2D eigenvalue weighted by Gasteiger charge is 2.11. The molecule has 0 aliphatic carbocycles. The molecule has 3 nitrogen and oxygen atoms in total. The third-order valence-corrected chi connectivity index (χ3v) is 4.24. The molecule has 116 valence electrons. The fourth-order valence-corrected chi connectivity index (χ4v) is 2.98. The molecule has 2 rings (SSSR count). The third-order valence-electron chi connectivity index (χ3n) is 3.43. The second kappa shape index (κ2) is 7.65. The second-order valence-electron chi connectivity index (χ2n) is 4.80. The van der Waals surface area contributed by atoms with Gasteiger partial charge in [-0.3, -0.25) is 4.79 Å². The number of carbonyl (C=O) groups is 1. The lowest BCUT2D eigenvalue weighted by Gasteiger charge is -2.21. The van der Waals surface area contributed by atoms with Crippen molar-refractivity contribution in [3.8, 4) is 0 Å². The molecule has 22 heavy (non-hydrogen) atoms. The van der Waals surface area contributed by atoms with Gasteiger partial charge in [0.15, 0.2) is 0 Å². The summed E-state index contributed by atoms with van der Waals surface area (Å²) in [7, 11) is 0. The van der Waals surface area contributed by atoms with Gasteiger partial charge in [0.2, 0.25) is 0 Å². The Hall–Kier alpha value is -1.52. The molecule has 0 saturated heterocycles. The van der Waals surface area contributed by atoms with Crippen molar-refractivity contribution in [1.82, 2.24) is 0 Å². The normalized spacial score (nSPS) is 10.4. The minimum Gasteiger partial charge on any atom is -0.372 e. The van der Waals surface area contributed by atoms with Crippen LogP contribution in [0.3, 0.4) is 0 Å². The summed E-state index contributed by atoms with van der Waals surface area (Å²) >= 11 is 9.42. The van der Waals surface area contributed by atoms with Crippen molar-refractivity contribution in [3.63, 3.8) is 0 Å². The third kappa shape index (κ3) is 4.02. The zero-order valence-corrected chi connectivity index (χ0v) is 14.9. The van der Waals surface area contributed by atoms with Crippen molar-refractivity contribution >= 4 is 44.8 Å². The number of rotatable bonds is 5. The molecule has 0 heterocycles. The van der Waals surface area contributed by atoms with E-state index in [0.717, 1.165) is 28.9 Å². The molecule has 0 saturated carbocycles. The zero-order chi connectivity index (χ0) is 16.1. The van der Waals surface area contributed by atoms with Crippen LogP contribution >= 0.6 is 27.5 Å². The fourth-order valence-electron chi connectivity index (χ4n) is 2.22. The largest absolute Gasteiger partial charge is 0.372 e. The minimum atomic E-state index is -0.215. The van der Waals surface area contributed by atoms with E-state index >= 15 is 0 Å². The van der Waals surface area contributed by atoms with Crippen LogP contribution in [0.5, 0.6) is 0 Å². The topological polar surface area (TPSA) is 32.3 Å². The van der Waals surface area contributed by atoms with Crippen LogP contribution in [-0.2, 0) is 0 Å². The number of nitrogens with one attached hydrogen (secondary N) is 1. The van der Waals surface area contributed by atoms with Crippen LogP contribution < -0.4 is 10.2 Å². The first-order chi connectivity index (χ1) is 10.5. The standard InChI is InChI=1S/C17H18BrClN2O/c1-3-21(4-2)14-8-6-13(7-9-14)20-17(22)15-10-5-12(18)11-16(15)19/h5-11H,3-4H2,1-2H3,(H,20,22). The molecule has 0 radical (unpaired) electrons. The van der Waals surface area contributed by atoms with Crippen LogP contribution in [0.4, 0.5) is 11.4 Å². The first-order valence-corrected chi connectivity index (χ1v) is 8.33. The molecular formula is C17H18BrClN2O. The van der Waals surface area contributed by atoms with Gasteiger partial charge in [0.25, 0.3) is 5.91 Å². The maximum atomic E-state index is 12.3. The van der Waals surface area contributed by atoms with E-state index in [4.69, 9.17) is 11.6 Å². The van der Waals surface area contributed by atoms with Crippen LogP contribution in [0, 0.1) is 0 Å². The lowest BCUT2D eigenvalue weighted by atomic mass is 10.2. The number of benzene rings is 2. The lowest BCUT2D eigenvalue weighted by Crippen LogP contribution is -2.21. The fraction of sp³-hybridized carbons (Fsp3) is 0.235. The average Bonchev–Trinajstić information content (AvgIpc) is 2.50. The van der Waals surface area contributed by atoms with Crippen molar-refractivity contribution in [2.24, 2.45) is 0 Å². The van der Waals surface area contributed by atoms with Gasteiger partial charge in [0.1, 0.15) is 0 Å². The molecule has 5 heteroatoms. The molecule has 0 aromatic heterocycles. The van der Waals surface area contributed by atoms with E-state index in [1.807, 2.05) is 24.3 Å². The number of hydrogen-bond acceptors (Lipinski definition) is 2. The van der Waals surface area contributed by atoms with Gasteiger partial charge in [-0.2, -0.15) is 0 Å². The molecule has 0 unspecified atom stereocenters. The summed E-state index contributed by atoms with van der Waals surface area (Å²) in [5, 5.41) is 3.29. The maximum Gasteiger partial charge on any atom is 0.257 e. The van der Waals surface area contributed by atoms with E-state index in [2.05, 4.69) is 40.0 Å². The summed E-state index contributed by atoms with van der Waals surface area (Å²) in [5.74, 6) is -0.215. The van der Waals surface area contributed by atoms with Gasteiger partial charge < -0.3 is 10.2 Å². The van der Waals surface area contributed by atoms with Gasteiger partial charge in [0.05, 0.1) is 10.6 Å². The Balaban J connectivity index is 2.12. The number of carbonyl (C=O) groups excluding carboxylic acids is 1. The monoisotopic (exact) mass is 380 g/mol. The molecule has 1 amide bonds. The first kappa shape index (κ1) is 16.8. The van der Waals surface area contributed by atoms with Crippen LogP contribution in [0.1, 0.15) is 24.2 Å². The van der Waals surface area contributed by atoms with Crippen molar-refractivity contribution in [1.29, 1.82) is 0 Å². The molecule has 1 N–H and O–H groups in total. The highest BCUT2D eigenvalue weighted by Crippen LogP contribution is 2.23. The Morgan fingerprint density at radius 3 is 2.32 bits per heavy atom. The van der Waals surface area contributed by atoms with Gasteiger partial charge in [-0.25, -0.2) is 0 Å². The second-order valence-corrected chi connectivity index (χ2v) is 6.12. The summed E-state index contributed by atoms with van der Waals surface area (Å²) in [4.78, 5) is 14.5. The molecule has 0 spiro atoms. The van der Waals surface area contributed by atoms with E-state index < -0.39 is 0 Å². The lowest BCUT2D eigenvalue weighted by molar-refractivity contribution is 0.102. The Bertz CT molecular complexity index is 654. The molecule has 0 bridgehead atoms. The predicted molar refractivity (Wildman–Crippen MR) is 97.1 cm³/mol. The van der Waals surface area contributed by atoms with Gasteiger partial charge in [-0.1, -0.05) is 27.5 Å². The quantitative estimate of drug-likeness (QED) is 0.772. The average molecular weight is 382 g/mol. The SMILES string of the molecule is CCN(CC)c1ccc(NC(=O)c2ccc(Br)cc2Cl)cc1. The van der Waals surface area contributed by atoms with Crippen LogP contribution in [0.25, 0.3) is 0 Å². The summed E-state index contributed by atoms with van der Waals surface area (Å²) in [5.41, 5.74) is 2.35. The molecule has 2 aromatic rings. The van der Waals surface area contributed by atoms with Crippen LogP contribution in [-0.4, -0.2) is 19.0 Å². The van der Waals surface area contributed by atoms with Gasteiger partial charge in [-0.15, -0.1) is 0 Å². The van der Waals surface area contributed by atoms with E-state index in [1.165, 1.54) is 0 Å². The Labute approximate surface area is 144 Å². The first-order valence-electron chi connectivity index (χ1n) is 7.16. The Kier molecular flexibility index (Phi) is 5.86. The summed E-state index contributed by atoms with van der Waals surface area (Å²) in [6.07, 6.45) is 0. The summed E-state index contributed by atoms with van der Waals surface area (Å²) < 4.78 is 0.845. The number of nitrogens with zero attached hydrogens (tertiary/aromatic N) is 1. The van der Waals surface area contributed by atoms with Crippen LogP contribution in [0.2, 0.25) is 5.02 Å². The highest BCUT2D eigenvalue weighted by molar-refractivity contribution is 9.10. The smallest absolute Gasteiger partial charge is 0.257 e. The summed E-state index contributed by atoms with van der Waals surface area (Å²) in [6, 6.07) is 13.0. The maximum absolute atomic E-state index is 12.3. The van der Waals surface area contributed by atoms with Gasteiger partial charge in [-0.05, 0) is 56.3 Å². The highest BCUT2D eigenvalue weighted by atomic mass is 79.9. The number of hydrogen-bond donors (Lipinski definition) is 1. The Morgan fingerprint density at radius 1 is 1.14 bits per heavy atom. The molecule has 0 aliphatic rings. The number of halogens is 2. The minimum absolute atomic E-state index is 0.215. The zero-order valence-electron chi connectivity index (χ0n) is 12.6. The number of anilines is 2.